The zero-order valence-corrected chi connectivity index (χ0v) is 18.4. The number of benzene rings is 2. The van der Waals surface area contributed by atoms with Gasteiger partial charge >= 0.3 is 0 Å². The molecule has 0 bridgehead atoms. The van der Waals surface area contributed by atoms with Crippen LogP contribution in [0.25, 0.3) is 11.3 Å². The average Bonchev–Trinajstić information content (AvgIpc) is 3.05. The van der Waals surface area contributed by atoms with Crippen LogP contribution >= 0.6 is 11.3 Å². The van der Waals surface area contributed by atoms with Crippen molar-refractivity contribution in [2.75, 3.05) is 18.4 Å². The number of amides is 1. The van der Waals surface area contributed by atoms with Gasteiger partial charge < -0.3 is 0 Å². The largest absolute Gasteiger partial charge is 0.298 e. The highest BCUT2D eigenvalue weighted by Gasteiger charge is 2.26. The van der Waals surface area contributed by atoms with Crippen LogP contribution in [0.4, 0.5) is 9.52 Å². The highest BCUT2D eigenvalue weighted by atomic mass is 32.2. The van der Waals surface area contributed by atoms with Crippen LogP contribution in [-0.2, 0) is 10.0 Å². The lowest BCUT2D eigenvalue weighted by Gasteiger charge is -2.20. The summed E-state index contributed by atoms with van der Waals surface area (Å²) >= 11 is 1.24. The van der Waals surface area contributed by atoms with Gasteiger partial charge in [-0.15, -0.1) is 11.3 Å². The summed E-state index contributed by atoms with van der Waals surface area (Å²) in [7, 11) is -3.64. The van der Waals surface area contributed by atoms with Gasteiger partial charge in [-0.25, -0.2) is 17.8 Å². The third kappa shape index (κ3) is 5.00. The molecule has 0 radical (unpaired) electrons. The van der Waals surface area contributed by atoms with Crippen LogP contribution in [0.1, 0.15) is 36.0 Å². The third-order valence-corrected chi connectivity index (χ3v) is 7.82. The summed E-state index contributed by atoms with van der Waals surface area (Å²) in [5.41, 5.74) is 1.61. The molecule has 6 nitrogen and oxygen atoms in total. The summed E-state index contributed by atoms with van der Waals surface area (Å²) in [5.74, 6) is -0.768. The molecule has 0 spiro atoms. The number of nitrogens with one attached hydrogen (secondary N) is 1. The lowest BCUT2D eigenvalue weighted by molar-refractivity contribution is 0.102. The zero-order valence-electron chi connectivity index (χ0n) is 16.8. The first kappa shape index (κ1) is 21.6. The number of hydrogen-bond acceptors (Lipinski definition) is 5. The van der Waals surface area contributed by atoms with E-state index in [1.165, 1.54) is 39.9 Å². The fraction of sp³-hybridized carbons (Fsp3) is 0.273. The van der Waals surface area contributed by atoms with E-state index >= 15 is 0 Å². The molecule has 1 aliphatic heterocycles. The van der Waals surface area contributed by atoms with Gasteiger partial charge in [0.25, 0.3) is 5.91 Å². The number of hydrogen-bond donors (Lipinski definition) is 1. The molecule has 0 saturated carbocycles. The number of aromatic nitrogens is 1. The monoisotopic (exact) mass is 459 g/mol. The van der Waals surface area contributed by atoms with E-state index in [0.29, 0.717) is 23.9 Å². The van der Waals surface area contributed by atoms with Crippen molar-refractivity contribution in [3.8, 4) is 11.3 Å². The number of halogens is 1. The van der Waals surface area contributed by atoms with Crippen LogP contribution in [0.2, 0.25) is 0 Å². The first-order chi connectivity index (χ1) is 14.9. The number of carbonyl (C=O) groups excluding carboxylic acids is 1. The minimum atomic E-state index is -3.64. The van der Waals surface area contributed by atoms with Gasteiger partial charge in [-0.2, -0.15) is 4.31 Å². The Morgan fingerprint density at radius 1 is 1.03 bits per heavy atom. The van der Waals surface area contributed by atoms with E-state index in [1.807, 2.05) is 0 Å². The molecule has 1 saturated heterocycles. The normalized spacial score (nSPS) is 15.4. The molecule has 0 atom stereocenters. The highest BCUT2D eigenvalue weighted by Crippen LogP contribution is 2.26. The Bertz CT molecular complexity index is 1170. The van der Waals surface area contributed by atoms with Crippen LogP contribution < -0.4 is 5.32 Å². The first-order valence-corrected chi connectivity index (χ1v) is 12.4. The second kappa shape index (κ2) is 9.25. The predicted octanol–water partition coefficient (Wildman–Crippen LogP) is 4.77. The van der Waals surface area contributed by atoms with Crippen molar-refractivity contribution in [3.63, 3.8) is 0 Å². The molecule has 1 N–H and O–H groups in total. The van der Waals surface area contributed by atoms with Crippen molar-refractivity contribution in [1.82, 2.24) is 9.29 Å². The van der Waals surface area contributed by atoms with Gasteiger partial charge in [0.15, 0.2) is 5.13 Å². The minimum Gasteiger partial charge on any atom is -0.298 e. The van der Waals surface area contributed by atoms with Crippen molar-refractivity contribution in [1.29, 1.82) is 0 Å². The molecule has 162 valence electrons. The molecule has 0 aliphatic carbocycles. The SMILES string of the molecule is O=C(Nc1nc(-c2ccc(F)cc2)cs1)c1cccc(S(=O)(=O)N2CCCCCC2)c1. The second-order valence-electron chi connectivity index (χ2n) is 7.35. The van der Waals surface area contributed by atoms with Crippen LogP contribution in [-0.4, -0.2) is 36.7 Å². The van der Waals surface area contributed by atoms with Gasteiger partial charge in [-0.3, -0.25) is 10.1 Å². The average molecular weight is 460 g/mol. The van der Waals surface area contributed by atoms with E-state index < -0.39 is 15.9 Å². The number of sulfonamides is 1. The maximum Gasteiger partial charge on any atom is 0.257 e. The lowest BCUT2D eigenvalue weighted by Crippen LogP contribution is -2.32. The fourth-order valence-electron chi connectivity index (χ4n) is 3.48. The van der Waals surface area contributed by atoms with E-state index in [-0.39, 0.29) is 16.3 Å². The van der Waals surface area contributed by atoms with E-state index in [9.17, 15) is 17.6 Å². The van der Waals surface area contributed by atoms with Crippen LogP contribution in [0, 0.1) is 5.82 Å². The number of nitrogens with zero attached hydrogens (tertiary/aromatic N) is 2. The van der Waals surface area contributed by atoms with Gasteiger partial charge in [0.1, 0.15) is 5.82 Å². The number of rotatable bonds is 5. The van der Waals surface area contributed by atoms with E-state index in [2.05, 4.69) is 10.3 Å². The Labute approximate surface area is 184 Å². The Morgan fingerprint density at radius 2 is 1.74 bits per heavy atom. The Balaban J connectivity index is 1.50. The van der Waals surface area contributed by atoms with Crippen molar-refractivity contribution < 1.29 is 17.6 Å². The molecule has 1 aliphatic rings. The van der Waals surface area contributed by atoms with Crippen molar-refractivity contribution >= 4 is 32.4 Å². The summed E-state index contributed by atoms with van der Waals surface area (Å²) in [5, 5.41) is 4.86. The van der Waals surface area contributed by atoms with Crippen LogP contribution in [0.3, 0.4) is 0 Å². The van der Waals surface area contributed by atoms with Gasteiger partial charge in [0.2, 0.25) is 10.0 Å². The molecule has 1 aromatic heterocycles. The van der Waals surface area contributed by atoms with Gasteiger partial charge in [0.05, 0.1) is 10.6 Å². The van der Waals surface area contributed by atoms with Crippen LogP contribution in [0.5, 0.6) is 0 Å². The van der Waals surface area contributed by atoms with Crippen molar-refractivity contribution in [2.24, 2.45) is 0 Å². The summed E-state index contributed by atoms with van der Waals surface area (Å²) < 4.78 is 40.6. The molecule has 2 aromatic carbocycles. The lowest BCUT2D eigenvalue weighted by atomic mass is 10.2. The molecule has 1 fully saturated rings. The highest BCUT2D eigenvalue weighted by molar-refractivity contribution is 7.89. The maximum atomic E-state index is 13.1. The molecule has 9 heteroatoms. The quantitative estimate of drug-likeness (QED) is 0.596. The van der Waals surface area contributed by atoms with Gasteiger partial charge in [0, 0.05) is 29.6 Å². The number of anilines is 1. The van der Waals surface area contributed by atoms with E-state index in [1.54, 1.807) is 29.6 Å². The number of carbonyl (C=O) groups is 1. The first-order valence-electron chi connectivity index (χ1n) is 10.1. The molecule has 31 heavy (non-hydrogen) atoms. The Kier molecular flexibility index (Phi) is 6.45. The molecular formula is C22H22FN3O3S2. The Morgan fingerprint density at radius 3 is 2.45 bits per heavy atom. The molecule has 2 heterocycles. The third-order valence-electron chi connectivity index (χ3n) is 5.16. The van der Waals surface area contributed by atoms with E-state index in [0.717, 1.165) is 31.2 Å². The van der Waals surface area contributed by atoms with Gasteiger partial charge in [-0.1, -0.05) is 18.9 Å². The molecule has 1 amide bonds. The minimum absolute atomic E-state index is 0.119. The predicted molar refractivity (Wildman–Crippen MR) is 119 cm³/mol. The number of thiazole rings is 1. The maximum absolute atomic E-state index is 13.1. The zero-order chi connectivity index (χ0) is 21.8. The molecule has 3 aromatic rings. The molecule has 4 rings (SSSR count). The summed E-state index contributed by atoms with van der Waals surface area (Å²) in [6.07, 6.45) is 3.75. The summed E-state index contributed by atoms with van der Waals surface area (Å²) in [6.45, 7) is 1.01. The van der Waals surface area contributed by atoms with Gasteiger partial charge in [-0.05, 0) is 55.3 Å². The van der Waals surface area contributed by atoms with Crippen molar-refractivity contribution in [3.05, 3.63) is 65.3 Å². The Hall–Kier alpha value is -2.62. The summed E-state index contributed by atoms with van der Waals surface area (Å²) in [4.78, 5) is 17.2. The topological polar surface area (TPSA) is 79.4 Å². The molecular weight excluding hydrogens is 437 g/mol. The fourth-order valence-corrected chi connectivity index (χ4v) is 5.76. The van der Waals surface area contributed by atoms with Crippen molar-refractivity contribution in [2.45, 2.75) is 30.6 Å². The second-order valence-corrected chi connectivity index (χ2v) is 10.1. The van der Waals surface area contributed by atoms with E-state index in [4.69, 9.17) is 0 Å². The smallest absolute Gasteiger partial charge is 0.257 e. The molecule has 0 unspecified atom stereocenters. The summed E-state index contributed by atoms with van der Waals surface area (Å²) in [6, 6.07) is 12.0. The van der Waals surface area contributed by atoms with Crippen LogP contribution in [0.15, 0.2) is 58.8 Å². The standard InChI is InChI=1S/C22H22FN3O3S2/c23-18-10-8-16(9-11-18)20-15-30-22(24-20)25-21(27)17-6-5-7-19(14-17)31(28,29)26-12-3-1-2-4-13-26/h5-11,14-15H,1-4,12-13H2,(H,24,25,27).